The Kier molecular flexibility index (Phi) is 3.41. The minimum Gasteiger partial charge on any atom is -0.463 e. The minimum atomic E-state index is -0.831. The van der Waals surface area contributed by atoms with Crippen molar-refractivity contribution in [3.05, 3.63) is 33.4 Å². The molecule has 0 saturated heterocycles. The normalized spacial score (nSPS) is 9.38. The molecule has 0 saturated carbocycles. The van der Waals surface area contributed by atoms with E-state index in [1.54, 1.807) is 18.2 Å². The molecule has 0 unspecified atom stereocenters. The van der Waals surface area contributed by atoms with Crippen molar-refractivity contribution in [2.75, 3.05) is 7.11 Å². The van der Waals surface area contributed by atoms with E-state index in [-0.39, 0.29) is 0 Å². The van der Waals surface area contributed by atoms with Gasteiger partial charge in [-0.3, -0.25) is 4.79 Å². The summed E-state index contributed by atoms with van der Waals surface area (Å²) in [6.07, 6.45) is 0. The average molecular weight is 290 g/mol. The number of rotatable bonds is 2. The summed E-state index contributed by atoms with van der Waals surface area (Å²) in [6, 6.07) is 6.79. The Labute approximate surface area is 89.2 Å². The highest BCUT2D eigenvalue weighted by Crippen LogP contribution is 2.08. The molecule has 0 aliphatic rings. The lowest BCUT2D eigenvalue weighted by molar-refractivity contribution is -0.135. The third-order valence-corrected chi connectivity index (χ3v) is 2.13. The number of hydrogen-bond donors (Lipinski definition) is 0. The van der Waals surface area contributed by atoms with Gasteiger partial charge in [-0.15, -0.1) is 0 Å². The van der Waals surface area contributed by atoms with Crippen molar-refractivity contribution in [1.82, 2.24) is 0 Å². The molecule has 0 radical (unpaired) electrons. The van der Waals surface area contributed by atoms with E-state index in [0.29, 0.717) is 5.56 Å². The van der Waals surface area contributed by atoms with Gasteiger partial charge in [-0.05, 0) is 34.7 Å². The monoisotopic (exact) mass is 290 g/mol. The molecule has 0 spiro atoms. The molecular weight excluding hydrogens is 283 g/mol. The Bertz CT molecular complexity index is 346. The largest absolute Gasteiger partial charge is 0.463 e. The second-order valence-corrected chi connectivity index (χ2v) is 3.58. The van der Waals surface area contributed by atoms with Crippen molar-refractivity contribution >= 4 is 34.3 Å². The van der Waals surface area contributed by atoms with Gasteiger partial charge in [0.25, 0.3) is 5.78 Å². The zero-order valence-electron chi connectivity index (χ0n) is 6.91. The maximum Gasteiger partial charge on any atom is 0.379 e. The molecule has 0 heterocycles. The van der Waals surface area contributed by atoms with Crippen LogP contribution in [0.4, 0.5) is 0 Å². The Morgan fingerprint density at radius 1 is 1.38 bits per heavy atom. The van der Waals surface area contributed by atoms with Crippen molar-refractivity contribution in [3.8, 4) is 0 Å². The number of ketones is 1. The van der Waals surface area contributed by atoms with Crippen molar-refractivity contribution in [2.24, 2.45) is 0 Å². The summed E-state index contributed by atoms with van der Waals surface area (Å²) >= 11 is 2.07. The van der Waals surface area contributed by atoms with Crippen molar-refractivity contribution in [1.29, 1.82) is 0 Å². The molecule has 3 nitrogen and oxygen atoms in total. The summed E-state index contributed by atoms with van der Waals surface area (Å²) in [5.74, 6) is -1.44. The van der Waals surface area contributed by atoms with Gasteiger partial charge in [-0.2, -0.15) is 0 Å². The van der Waals surface area contributed by atoms with Gasteiger partial charge in [0.15, 0.2) is 0 Å². The standard InChI is InChI=1S/C9H7IO3/c1-13-9(12)8(11)6-3-2-4-7(10)5-6/h2-5H,1H3. The summed E-state index contributed by atoms with van der Waals surface area (Å²) in [7, 11) is 1.19. The molecule has 0 amide bonds. The van der Waals surface area contributed by atoms with Crippen LogP contribution in [0.1, 0.15) is 10.4 Å². The maximum atomic E-state index is 11.3. The molecule has 0 fully saturated rings. The number of hydrogen-bond acceptors (Lipinski definition) is 3. The van der Waals surface area contributed by atoms with Crippen LogP contribution in [0.2, 0.25) is 0 Å². The SMILES string of the molecule is COC(=O)C(=O)c1cccc(I)c1. The molecular formula is C9H7IO3. The van der Waals surface area contributed by atoms with Crippen LogP contribution in [0.3, 0.4) is 0 Å². The second kappa shape index (κ2) is 4.36. The van der Waals surface area contributed by atoms with Crippen LogP contribution in [0.15, 0.2) is 24.3 Å². The highest BCUT2D eigenvalue weighted by atomic mass is 127. The second-order valence-electron chi connectivity index (χ2n) is 2.33. The van der Waals surface area contributed by atoms with Crippen LogP contribution in [0, 0.1) is 3.57 Å². The van der Waals surface area contributed by atoms with Crippen molar-refractivity contribution in [3.63, 3.8) is 0 Å². The smallest absolute Gasteiger partial charge is 0.379 e. The van der Waals surface area contributed by atoms with E-state index in [9.17, 15) is 9.59 Å². The van der Waals surface area contributed by atoms with Gasteiger partial charge >= 0.3 is 5.97 Å². The molecule has 1 rings (SSSR count). The molecule has 0 bridgehead atoms. The number of esters is 1. The first kappa shape index (κ1) is 10.2. The fourth-order valence-electron chi connectivity index (χ4n) is 0.840. The lowest BCUT2D eigenvalue weighted by Crippen LogP contribution is -2.15. The first-order chi connectivity index (χ1) is 6.15. The molecule has 13 heavy (non-hydrogen) atoms. The van der Waals surface area contributed by atoms with Gasteiger partial charge in [0.1, 0.15) is 0 Å². The third kappa shape index (κ3) is 2.51. The van der Waals surface area contributed by atoms with Crippen LogP contribution in [0.25, 0.3) is 0 Å². The lowest BCUT2D eigenvalue weighted by Gasteiger charge is -1.98. The van der Waals surface area contributed by atoms with Crippen LogP contribution >= 0.6 is 22.6 Å². The Morgan fingerprint density at radius 3 is 2.62 bits per heavy atom. The fourth-order valence-corrected chi connectivity index (χ4v) is 1.38. The number of carbonyl (C=O) groups is 2. The summed E-state index contributed by atoms with van der Waals surface area (Å²) in [5.41, 5.74) is 0.360. The Balaban J connectivity index is 2.95. The predicted octanol–water partition coefficient (Wildman–Crippen LogP) is 1.65. The molecule has 1 aromatic carbocycles. The van der Waals surface area contributed by atoms with E-state index < -0.39 is 11.8 Å². The zero-order valence-corrected chi connectivity index (χ0v) is 9.07. The summed E-state index contributed by atoms with van der Waals surface area (Å²) in [5, 5.41) is 0. The van der Waals surface area contributed by atoms with E-state index in [1.165, 1.54) is 7.11 Å². The van der Waals surface area contributed by atoms with Crippen LogP contribution in [-0.4, -0.2) is 18.9 Å². The van der Waals surface area contributed by atoms with Gasteiger partial charge in [0.2, 0.25) is 0 Å². The molecule has 0 aliphatic carbocycles. The topological polar surface area (TPSA) is 43.4 Å². The summed E-state index contributed by atoms with van der Waals surface area (Å²) in [4.78, 5) is 22.1. The number of methoxy groups -OCH3 is 1. The van der Waals surface area contributed by atoms with E-state index in [0.717, 1.165) is 3.57 Å². The number of halogens is 1. The summed E-state index contributed by atoms with van der Waals surface area (Å²) in [6.45, 7) is 0. The highest BCUT2D eigenvalue weighted by molar-refractivity contribution is 14.1. The van der Waals surface area contributed by atoms with Gasteiger partial charge in [0.05, 0.1) is 7.11 Å². The molecule has 0 aliphatic heterocycles. The van der Waals surface area contributed by atoms with E-state index >= 15 is 0 Å². The zero-order chi connectivity index (χ0) is 9.84. The predicted molar refractivity (Wildman–Crippen MR) is 55.5 cm³/mol. The van der Waals surface area contributed by atoms with Gasteiger partial charge in [-0.1, -0.05) is 12.1 Å². The number of Topliss-reactive ketones (excluding diaryl/α,β-unsaturated/α-hetero) is 1. The van der Waals surface area contributed by atoms with E-state index in [2.05, 4.69) is 27.3 Å². The molecule has 68 valence electrons. The number of carbonyl (C=O) groups excluding carboxylic acids is 2. The quantitative estimate of drug-likeness (QED) is 0.360. The van der Waals surface area contributed by atoms with E-state index in [1.807, 2.05) is 6.07 Å². The van der Waals surface area contributed by atoms with Gasteiger partial charge < -0.3 is 4.74 Å². The number of ether oxygens (including phenoxy) is 1. The van der Waals surface area contributed by atoms with Crippen LogP contribution in [-0.2, 0) is 9.53 Å². The van der Waals surface area contributed by atoms with Crippen LogP contribution in [0.5, 0.6) is 0 Å². The van der Waals surface area contributed by atoms with E-state index in [4.69, 9.17) is 0 Å². The van der Waals surface area contributed by atoms with Crippen molar-refractivity contribution in [2.45, 2.75) is 0 Å². The minimum absolute atomic E-state index is 0.360. The van der Waals surface area contributed by atoms with Crippen molar-refractivity contribution < 1.29 is 14.3 Å². The molecule has 0 atom stereocenters. The van der Waals surface area contributed by atoms with Gasteiger partial charge in [-0.25, -0.2) is 4.79 Å². The lowest BCUT2D eigenvalue weighted by atomic mass is 10.1. The Morgan fingerprint density at radius 2 is 2.08 bits per heavy atom. The van der Waals surface area contributed by atoms with Crippen LogP contribution < -0.4 is 0 Å². The first-order valence-corrected chi connectivity index (χ1v) is 4.61. The number of benzene rings is 1. The molecule has 4 heteroatoms. The highest BCUT2D eigenvalue weighted by Gasteiger charge is 2.15. The fraction of sp³-hybridized carbons (Fsp3) is 0.111. The maximum absolute atomic E-state index is 11.3. The molecule has 1 aromatic rings. The third-order valence-electron chi connectivity index (χ3n) is 1.46. The first-order valence-electron chi connectivity index (χ1n) is 3.53. The average Bonchev–Trinajstić information content (AvgIpc) is 2.15. The molecule has 0 aromatic heterocycles. The van der Waals surface area contributed by atoms with Gasteiger partial charge in [0, 0.05) is 9.13 Å². The summed E-state index contributed by atoms with van der Waals surface area (Å²) < 4.78 is 5.22. The Hall–Kier alpha value is -0.910. The molecule has 0 N–H and O–H groups in total.